The van der Waals surface area contributed by atoms with E-state index in [-0.39, 0.29) is 0 Å². The van der Waals surface area contributed by atoms with Gasteiger partial charge < -0.3 is 8.83 Å². The summed E-state index contributed by atoms with van der Waals surface area (Å²) in [4.78, 5) is 0. The van der Waals surface area contributed by atoms with Gasteiger partial charge in [-0.05, 0) is 69.1 Å². The zero-order valence-corrected chi connectivity index (χ0v) is 24.3. The van der Waals surface area contributed by atoms with Crippen molar-refractivity contribution in [3.05, 3.63) is 133 Å². The maximum Gasteiger partial charge on any atom is 0.248 e. The van der Waals surface area contributed by atoms with Gasteiger partial charge in [0.1, 0.15) is 0 Å². The first-order valence-electron chi connectivity index (χ1n) is 14.6. The molecule has 6 nitrogen and oxygen atoms in total. The average molecular weight is 573 g/mol. The van der Waals surface area contributed by atoms with E-state index < -0.39 is 0 Å². The molecule has 6 heteroatoms. The van der Waals surface area contributed by atoms with Crippen molar-refractivity contribution in [3.63, 3.8) is 0 Å². The van der Waals surface area contributed by atoms with Gasteiger partial charge in [-0.25, -0.2) is 0 Å². The van der Waals surface area contributed by atoms with E-state index in [0.29, 0.717) is 23.6 Å². The van der Waals surface area contributed by atoms with Gasteiger partial charge in [0.2, 0.25) is 23.6 Å². The van der Waals surface area contributed by atoms with Gasteiger partial charge in [0.05, 0.1) is 0 Å². The lowest BCUT2D eigenvalue weighted by Crippen LogP contribution is -1.82. The Morgan fingerprint density at radius 3 is 1.11 bits per heavy atom. The Bertz CT molecular complexity index is 2030. The summed E-state index contributed by atoms with van der Waals surface area (Å²) >= 11 is 0. The fourth-order valence-electron chi connectivity index (χ4n) is 5.33. The first-order chi connectivity index (χ1) is 21.8. The number of fused-ring (bicyclic) bond motifs is 2. The van der Waals surface area contributed by atoms with E-state index in [1.807, 2.05) is 86.6 Å². The highest BCUT2D eigenvalue weighted by atomic mass is 16.4. The fourth-order valence-corrected chi connectivity index (χ4v) is 5.33. The predicted octanol–water partition coefficient (Wildman–Crippen LogP) is 10.1. The van der Waals surface area contributed by atoms with Gasteiger partial charge in [0, 0.05) is 22.3 Å². The molecule has 0 N–H and O–H groups in total. The third-order valence-corrected chi connectivity index (χ3v) is 7.49. The zero-order chi connectivity index (χ0) is 29.9. The SMILES string of the molecule is CC.c1ccc2c(-c3nnc(-c4ccc(-c5ccc(-c6nnc(-c7cccc8ccccc78)o6)cc5)cc4)o3)cccc2c1. The summed E-state index contributed by atoms with van der Waals surface area (Å²) in [5.41, 5.74) is 5.72. The highest BCUT2D eigenvalue weighted by Crippen LogP contribution is 2.33. The van der Waals surface area contributed by atoms with Crippen molar-refractivity contribution in [2.45, 2.75) is 13.8 Å². The maximum atomic E-state index is 6.09. The molecule has 0 saturated heterocycles. The van der Waals surface area contributed by atoms with E-state index >= 15 is 0 Å². The Hall–Kier alpha value is -5.88. The highest BCUT2D eigenvalue weighted by molar-refractivity contribution is 5.95. The minimum atomic E-state index is 0.484. The molecule has 0 aliphatic carbocycles. The summed E-state index contributed by atoms with van der Waals surface area (Å²) in [6.07, 6.45) is 0. The van der Waals surface area contributed by atoms with Gasteiger partial charge in [-0.1, -0.05) is 111 Å². The van der Waals surface area contributed by atoms with Crippen LogP contribution >= 0.6 is 0 Å². The summed E-state index contributed by atoms with van der Waals surface area (Å²) in [6.45, 7) is 4.00. The van der Waals surface area contributed by atoms with E-state index in [0.717, 1.165) is 54.9 Å². The Morgan fingerprint density at radius 1 is 0.341 bits per heavy atom. The van der Waals surface area contributed by atoms with Crippen LogP contribution in [0.4, 0.5) is 0 Å². The van der Waals surface area contributed by atoms with Crippen LogP contribution in [-0.4, -0.2) is 20.4 Å². The Morgan fingerprint density at radius 2 is 0.682 bits per heavy atom. The quantitative estimate of drug-likeness (QED) is 0.204. The largest absolute Gasteiger partial charge is 0.416 e. The summed E-state index contributed by atoms with van der Waals surface area (Å²) < 4.78 is 12.2. The van der Waals surface area contributed by atoms with Gasteiger partial charge in [0.15, 0.2) is 0 Å². The molecular formula is C38H28N4O2. The molecule has 0 bridgehead atoms. The number of benzene rings is 6. The molecule has 0 fully saturated rings. The van der Waals surface area contributed by atoms with Crippen LogP contribution in [0.2, 0.25) is 0 Å². The van der Waals surface area contributed by atoms with Crippen molar-refractivity contribution in [2.75, 3.05) is 0 Å². The van der Waals surface area contributed by atoms with Crippen molar-refractivity contribution in [1.29, 1.82) is 0 Å². The number of nitrogens with zero attached hydrogens (tertiary/aromatic N) is 4. The van der Waals surface area contributed by atoms with Crippen LogP contribution in [0.25, 0.3) is 78.5 Å². The van der Waals surface area contributed by atoms with Crippen molar-refractivity contribution >= 4 is 21.5 Å². The standard InChI is InChI=1S/C36H22N4O2.C2H6/c1-3-11-29-25(7-1)9-5-13-31(29)35-39-37-33(41-35)27-19-15-23(16-20-27)24-17-21-28(22-18-24)34-38-40-36(42-34)32-14-6-10-26-8-2-4-12-30(26)32;1-2/h1-22H;1-2H3. The first-order valence-corrected chi connectivity index (χ1v) is 14.6. The molecule has 212 valence electrons. The highest BCUT2D eigenvalue weighted by Gasteiger charge is 2.15. The third kappa shape index (κ3) is 5.03. The van der Waals surface area contributed by atoms with Crippen molar-refractivity contribution < 1.29 is 8.83 Å². The molecule has 0 radical (unpaired) electrons. The summed E-state index contributed by atoms with van der Waals surface area (Å²) in [7, 11) is 0. The molecule has 0 aliphatic heterocycles. The first kappa shape index (κ1) is 27.0. The molecule has 6 aromatic carbocycles. The fraction of sp³-hybridized carbons (Fsp3) is 0.0526. The van der Waals surface area contributed by atoms with E-state index in [1.54, 1.807) is 0 Å². The molecule has 0 aliphatic rings. The van der Waals surface area contributed by atoms with Crippen LogP contribution in [0, 0.1) is 0 Å². The number of hydrogen-bond acceptors (Lipinski definition) is 6. The topological polar surface area (TPSA) is 77.8 Å². The second-order valence-electron chi connectivity index (χ2n) is 10.0. The average Bonchev–Trinajstić information content (AvgIpc) is 3.80. The lowest BCUT2D eigenvalue weighted by atomic mass is 10.0. The molecule has 8 rings (SSSR count). The normalized spacial score (nSPS) is 11.0. The smallest absolute Gasteiger partial charge is 0.248 e. The lowest BCUT2D eigenvalue weighted by Gasteiger charge is -2.04. The van der Waals surface area contributed by atoms with Crippen LogP contribution in [-0.2, 0) is 0 Å². The van der Waals surface area contributed by atoms with Crippen LogP contribution in [0.1, 0.15) is 13.8 Å². The van der Waals surface area contributed by atoms with Crippen LogP contribution in [0.3, 0.4) is 0 Å². The molecular weight excluding hydrogens is 544 g/mol. The molecule has 0 unspecified atom stereocenters. The maximum absolute atomic E-state index is 6.09. The number of rotatable bonds is 5. The van der Waals surface area contributed by atoms with Gasteiger partial charge in [-0.15, -0.1) is 20.4 Å². The van der Waals surface area contributed by atoms with Crippen LogP contribution < -0.4 is 0 Å². The number of aromatic nitrogens is 4. The van der Waals surface area contributed by atoms with Gasteiger partial charge >= 0.3 is 0 Å². The van der Waals surface area contributed by atoms with Crippen molar-refractivity contribution in [2.24, 2.45) is 0 Å². The van der Waals surface area contributed by atoms with E-state index in [4.69, 9.17) is 8.83 Å². The van der Waals surface area contributed by atoms with E-state index in [2.05, 4.69) is 81.1 Å². The molecule has 0 saturated carbocycles. The van der Waals surface area contributed by atoms with Gasteiger partial charge in [0.25, 0.3) is 0 Å². The molecule has 2 heterocycles. The predicted molar refractivity (Wildman–Crippen MR) is 176 cm³/mol. The Kier molecular flexibility index (Phi) is 7.22. The van der Waals surface area contributed by atoms with Gasteiger partial charge in [-0.3, -0.25) is 0 Å². The minimum Gasteiger partial charge on any atom is -0.416 e. The van der Waals surface area contributed by atoms with Crippen molar-refractivity contribution in [1.82, 2.24) is 20.4 Å². The minimum absolute atomic E-state index is 0.484. The second-order valence-corrected chi connectivity index (χ2v) is 10.0. The van der Waals surface area contributed by atoms with Crippen LogP contribution in [0.15, 0.2) is 142 Å². The Labute approximate surface area is 254 Å². The second kappa shape index (κ2) is 11.8. The Balaban J connectivity index is 0.00000153. The van der Waals surface area contributed by atoms with Crippen molar-refractivity contribution in [3.8, 4) is 56.9 Å². The van der Waals surface area contributed by atoms with Crippen LogP contribution in [0.5, 0.6) is 0 Å². The lowest BCUT2D eigenvalue weighted by molar-refractivity contribution is 0.585. The summed E-state index contributed by atoms with van der Waals surface area (Å²) in [5.74, 6) is 1.98. The molecule has 2 aromatic heterocycles. The number of hydrogen-bond donors (Lipinski definition) is 0. The van der Waals surface area contributed by atoms with Gasteiger partial charge in [-0.2, -0.15) is 0 Å². The molecule has 0 spiro atoms. The molecule has 0 amide bonds. The third-order valence-electron chi connectivity index (χ3n) is 7.49. The molecule has 44 heavy (non-hydrogen) atoms. The summed E-state index contributed by atoms with van der Waals surface area (Å²) in [5, 5.41) is 21.7. The van der Waals surface area contributed by atoms with E-state index in [9.17, 15) is 0 Å². The summed E-state index contributed by atoms with van der Waals surface area (Å²) in [6, 6.07) is 44.7. The molecule has 0 atom stereocenters. The monoisotopic (exact) mass is 572 g/mol. The zero-order valence-electron chi connectivity index (χ0n) is 24.3. The molecule has 8 aromatic rings. The van der Waals surface area contributed by atoms with E-state index in [1.165, 1.54) is 0 Å².